The van der Waals surface area contributed by atoms with Gasteiger partial charge in [0, 0.05) is 7.05 Å². The van der Waals surface area contributed by atoms with Crippen LogP contribution < -0.4 is 9.77 Å². The van der Waals surface area contributed by atoms with Gasteiger partial charge in [0.05, 0.1) is 22.6 Å². The molecule has 1 aromatic rings. The van der Waals surface area contributed by atoms with E-state index in [0.29, 0.717) is 5.69 Å². The molecule has 7 heteroatoms. The summed E-state index contributed by atoms with van der Waals surface area (Å²) in [7, 11) is -2.11. The molecule has 0 saturated carbocycles. The molecule has 1 fully saturated rings. The molecule has 0 spiro atoms. The summed E-state index contributed by atoms with van der Waals surface area (Å²) < 4.78 is 37.2. The second-order valence-corrected chi connectivity index (χ2v) is 8.70. The van der Waals surface area contributed by atoms with Crippen molar-refractivity contribution in [3.05, 3.63) is 23.8 Å². The summed E-state index contributed by atoms with van der Waals surface area (Å²) in [6.45, 7) is 7.99. The Labute approximate surface area is 126 Å². The van der Waals surface area contributed by atoms with E-state index in [1.807, 2.05) is 45.9 Å². The topological polar surface area (TPSA) is 55.8 Å². The molecule has 2 heterocycles. The first-order valence-corrected chi connectivity index (χ1v) is 8.59. The summed E-state index contributed by atoms with van der Waals surface area (Å²) in [6.07, 6.45) is 0. The second kappa shape index (κ2) is 4.24. The Morgan fingerprint density at radius 1 is 1.14 bits per heavy atom. The second-order valence-electron chi connectivity index (χ2n) is 6.70. The van der Waals surface area contributed by atoms with Gasteiger partial charge in [-0.3, -0.25) is 4.31 Å². The van der Waals surface area contributed by atoms with Crippen LogP contribution in [0.2, 0.25) is 0 Å². The average Bonchev–Trinajstić information content (AvgIpc) is 2.70. The molecule has 1 saturated heterocycles. The van der Waals surface area contributed by atoms with Gasteiger partial charge in [-0.05, 0) is 44.8 Å². The van der Waals surface area contributed by atoms with Crippen molar-refractivity contribution in [2.45, 2.75) is 44.6 Å². The zero-order chi connectivity index (χ0) is 15.6. The van der Waals surface area contributed by atoms with Crippen LogP contribution in [0.4, 0.5) is 5.69 Å². The van der Waals surface area contributed by atoms with Gasteiger partial charge in [-0.15, -0.1) is 0 Å². The number of benzene rings is 1. The van der Waals surface area contributed by atoms with Gasteiger partial charge in [-0.25, -0.2) is 8.42 Å². The largest absolute Gasteiger partial charge is 0.494 e. The number of nitrogens with zero attached hydrogens (tertiary/aromatic N) is 1. The molecule has 21 heavy (non-hydrogen) atoms. The van der Waals surface area contributed by atoms with E-state index in [1.165, 1.54) is 4.31 Å². The maximum atomic E-state index is 11.9. The van der Waals surface area contributed by atoms with Crippen molar-refractivity contribution in [3.63, 3.8) is 0 Å². The molecule has 2 aliphatic rings. The Hall–Kier alpha value is -1.05. The van der Waals surface area contributed by atoms with Gasteiger partial charge < -0.3 is 9.31 Å². The third-order valence-corrected chi connectivity index (χ3v) is 6.44. The fourth-order valence-electron chi connectivity index (χ4n) is 2.56. The third kappa shape index (κ3) is 2.18. The number of anilines is 1. The lowest BCUT2D eigenvalue weighted by Crippen LogP contribution is -2.41. The monoisotopic (exact) mass is 309 g/mol. The molecule has 0 radical (unpaired) electrons. The van der Waals surface area contributed by atoms with E-state index >= 15 is 0 Å². The minimum Gasteiger partial charge on any atom is -0.399 e. The fraction of sp³-hybridized carbons (Fsp3) is 0.571. The molecule has 1 aromatic carbocycles. The van der Waals surface area contributed by atoms with Gasteiger partial charge in [0.1, 0.15) is 0 Å². The summed E-state index contributed by atoms with van der Waals surface area (Å²) >= 11 is 0. The molecule has 0 bridgehead atoms. The molecule has 0 aromatic heterocycles. The lowest BCUT2D eigenvalue weighted by molar-refractivity contribution is 0.00578. The molecule has 3 rings (SSSR count). The standard InChI is InChI=1S/C14H20BNO4S/c1-13(2)14(3,4)20-15(19-13)11-7-6-10-9-21(17,18)16(5)12(10)8-11/h6-8H,9H2,1-5H3. The van der Waals surface area contributed by atoms with Crippen molar-refractivity contribution >= 4 is 28.3 Å². The Kier molecular flexibility index (Phi) is 3.00. The first-order chi connectivity index (χ1) is 9.53. The minimum atomic E-state index is -3.22. The van der Waals surface area contributed by atoms with Crippen LogP contribution in [0, 0.1) is 0 Å². The van der Waals surface area contributed by atoms with E-state index in [2.05, 4.69) is 0 Å². The smallest absolute Gasteiger partial charge is 0.399 e. The van der Waals surface area contributed by atoms with E-state index in [-0.39, 0.29) is 5.75 Å². The van der Waals surface area contributed by atoms with Crippen molar-refractivity contribution < 1.29 is 17.7 Å². The van der Waals surface area contributed by atoms with Crippen molar-refractivity contribution in [3.8, 4) is 0 Å². The van der Waals surface area contributed by atoms with Crippen molar-refractivity contribution in [1.82, 2.24) is 0 Å². The third-order valence-electron chi connectivity index (χ3n) is 4.73. The van der Waals surface area contributed by atoms with Crippen molar-refractivity contribution in [2.24, 2.45) is 0 Å². The Balaban J connectivity index is 1.96. The van der Waals surface area contributed by atoms with Crippen LogP contribution in [0.15, 0.2) is 18.2 Å². The molecule has 0 aliphatic carbocycles. The minimum absolute atomic E-state index is 0.0580. The molecular formula is C14H20BNO4S. The van der Waals surface area contributed by atoms with Gasteiger partial charge in [0.2, 0.25) is 10.0 Å². The van der Waals surface area contributed by atoms with E-state index in [1.54, 1.807) is 7.05 Å². The van der Waals surface area contributed by atoms with E-state index in [9.17, 15) is 8.42 Å². The Morgan fingerprint density at radius 3 is 2.29 bits per heavy atom. The van der Waals surface area contributed by atoms with Crippen LogP contribution >= 0.6 is 0 Å². The first-order valence-electron chi connectivity index (χ1n) is 6.99. The number of sulfonamides is 1. The highest BCUT2D eigenvalue weighted by Crippen LogP contribution is 2.37. The summed E-state index contributed by atoms with van der Waals surface area (Å²) in [5.41, 5.74) is 1.56. The van der Waals surface area contributed by atoms with E-state index in [0.717, 1.165) is 11.0 Å². The molecule has 0 N–H and O–H groups in total. The van der Waals surface area contributed by atoms with Crippen LogP contribution in [-0.4, -0.2) is 33.8 Å². The lowest BCUT2D eigenvalue weighted by Gasteiger charge is -2.32. The molecule has 0 amide bonds. The predicted molar refractivity (Wildman–Crippen MR) is 83.2 cm³/mol. The van der Waals surface area contributed by atoms with Crippen LogP contribution in [-0.2, 0) is 25.1 Å². The Bertz CT molecular complexity index is 683. The zero-order valence-corrected chi connectivity index (χ0v) is 13.8. The highest BCUT2D eigenvalue weighted by molar-refractivity contribution is 7.92. The van der Waals surface area contributed by atoms with Crippen molar-refractivity contribution in [1.29, 1.82) is 0 Å². The summed E-state index contributed by atoms with van der Waals surface area (Å²) in [5.74, 6) is 0.0580. The highest BCUT2D eigenvalue weighted by atomic mass is 32.2. The maximum absolute atomic E-state index is 11.9. The molecule has 0 unspecified atom stereocenters. The quantitative estimate of drug-likeness (QED) is 0.733. The van der Waals surface area contributed by atoms with Gasteiger partial charge in [0.15, 0.2) is 0 Å². The normalized spacial score (nSPS) is 25.2. The molecular weight excluding hydrogens is 289 g/mol. The average molecular weight is 309 g/mol. The molecule has 2 aliphatic heterocycles. The predicted octanol–water partition coefficient (Wildman–Crippen LogP) is 1.27. The molecule has 114 valence electrons. The highest BCUT2D eigenvalue weighted by Gasteiger charge is 2.52. The SMILES string of the molecule is CN1c2cc(B3OC(C)(C)C(C)(C)O3)ccc2CS1(=O)=O. The number of hydrogen-bond acceptors (Lipinski definition) is 4. The number of rotatable bonds is 1. The van der Waals surface area contributed by atoms with Gasteiger partial charge in [-0.1, -0.05) is 12.1 Å². The van der Waals surface area contributed by atoms with E-state index < -0.39 is 28.3 Å². The summed E-state index contributed by atoms with van der Waals surface area (Å²) in [5, 5.41) is 0. The fourth-order valence-corrected chi connectivity index (χ4v) is 3.87. The lowest BCUT2D eigenvalue weighted by atomic mass is 9.78. The van der Waals surface area contributed by atoms with Crippen LogP contribution in [0.5, 0.6) is 0 Å². The van der Waals surface area contributed by atoms with Gasteiger partial charge in [-0.2, -0.15) is 0 Å². The summed E-state index contributed by atoms with van der Waals surface area (Å²) in [6, 6.07) is 5.58. The maximum Gasteiger partial charge on any atom is 0.494 e. The van der Waals surface area contributed by atoms with Gasteiger partial charge in [0.25, 0.3) is 0 Å². The van der Waals surface area contributed by atoms with E-state index in [4.69, 9.17) is 9.31 Å². The van der Waals surface area contributed by atoms with Gasteiger partial charge >= 0.3 is 7.12 Å². The number of fused-ring (bicyclic) bond motifs is 1. The summed E-state index contributed by atoms with van der Waals surface area (Å²) in [4.78, 5) is 0. The zero-order valence-electron chi connectivity index (χ0n) is 13.0. The number of hydrogen-bond donors (Lipinski definition) is 0. The van der Waals surface area contributed by atoms with Crippen LogP contribution in [0.1, 0.15) is 33.3 Å². The van der Waals surface area contributed by atoms with Crippen LogP contribution in [0.25, 0.3) is 0 Å². The molecule has 5 nitrogen and oxygen atoms in total. The molecule has 0 atom stereocenters. The first kappa shape index (κ1) is 14.9. The Morgan fingerprint density at radius 2 is 1.71 bits per heavy atom. The van der Waals surface area contributed by atoms with Crippen molar-refractivity contribution in [2.75, 3.05) is 11.4 Å². The van der Waals surface area contributed by atoms with Crippen LogP contribution in [0.3, 0.4) is 0 Å².